The molecule has 0 N–H and O–H groups in total. The highest BCUT2D eigenvalue weighted by atomic mass is 16.5. The van der Waals surface area contributed by atoms with Crippen LogP contribution >= 0.6 is 0 Å². The molecular formula is C20H38O. The second-order valence-corrected chi connectivity index (χ2v) is 5.89. The number of ether oxygens (including phenoxy) is 1. The van der Waals surface area contributed by atoms with Crippen molar-refractivity contribution in [2.75, 3.05) is 13.2 Å². The summed E-state index contributed by atoms with van der Waals surface area (Å²) < 4.78 is 5.55. The Morgan fingerprint density at radius 3 is 1.38 bits per heavy atom. The molecule has 0 saturated heterocycles. The third kappa shape index (κ3) is 19.4. The fraction of sp³-hybridized carbons (Fsp3) is 0.800. The van der Waals surface area contributed by atoms with Crippen molar-refractivity contribution in [3.8, 4) is 0 Å². The highest BCUT2D eigenvalue weighted by molar-refractivity contribution is 4.84. The molecule has 0 heterocycles. The quantitative estimate of drug-likeness (QED) is 0.224. The third-order valence-electron chi connectivity index (χ3n) is 3.71. The summed E-state index contributed by atoms with van der Waals surface area (Å²) in [4.78, 5) is 0. The summed E-state index contributed by atoms with van der Waals surface area (Å²) in [6, 6.07) is 0. The van der Waals surface area contributed by atoms with Gasteiger partial charge in [-0.3, -0.25) is 0 Å². The van der Waals surface area contributed by atoms with Crippen LogP contribution in [0.15, 0.2) is 24.3 Å². The molecule has 0 aliphatic rings. The summed E-state index contributed by atoms with van der Waals surface area (Å²) in [7, 11) is 0. The summed E-state index contributed by atoms with van der Waals surface area (Å²) >= 11 is 0. The van der Waals surface area contributed by atoms with Gasteiger partial charge in [-0.05, 0) is 25.7 Å². The molecule has 1 heteroatoms. The van der Waals surface area contributed by atoms with E-state index in [2.05, 4.69) is 38.2 Å². The highest BCUT2D eigenvalue weighted by Gasteiger charge is 1.87. The molecule has 0 aromatic heterocycles. The van der Waals surface area contributed by atoms with Crippen molar-refractivity contribution in [3.05, 3.63) is 24.3 Å². The molecule has 0 atom stereocenters. The number of unbranched alkanes of at least 4 members (excludes halogenated alkanes) is 10. The van der Waals surface area contributed by atoms with Crippen LogP contribution in [0.2, 0.25) is 0 Å². The van der Waals surface area contributed by atoms with E-state index < -0.39 is 0 Å². The molecule has 0 fully saturated rings. The van der Waals surface area contributed by atoms with Gasteiger partial charge >= 0.3 is 0 Å². The molecule has 0 aromatic rings. The Hall–Kier alpha value is -0.560. The van der Waals surface area contributed by atoms with Crippen molar-refractivity contribution in [1.29, 1.82) is 0 Å². The van der Waals surface area contributed by atoms with Crippen LogP contribution < -0.4 is 0 Å². The van der Waals surface area contributed by atoms with E-state index in [0.29, 0.717) is 0 Å². The van der Waals surface area contributed by atoms with Crippen LogP contribution in [0.5, 0.6) is 0 Å². The van der Waals surface area contributed by atoms with Crippen LogP contribution in [0.4, 0.5) is 0 Å². The second-order valence-electron chi connectivity index (χ2n) is 5.89. The van der Waals surface area contributed by atoms with E-state index in [1.165, 1.54) is 77.0 Å². The first-order chi connectivity index (χ1) is 10.4. The zero-order valence-corrected chi connectivity index (χ0v) is 14.6. The van der Waals surface area contributed by atoms with E-state index in [1.54, 1.807) is 0 Å². The van der Waals surface area contributed by atoms with Gasteiger partial charge in [0.05, 0.1) is 13.2 Å². The first kappa shape index (κ1) is 20.4. The smallest absolute Gasteiger partial charge is 0.0651 e. The van der Waals surface area contributed by atoms with E-state index in [0.717, 1.165) is 13.2 Å². The molecule has 0 saturated carbocycles. The SMILES string of the molecule is CCCCCCCC=CCOCC=CCCCCCCC. The Morgan fingerprint density at radius 2 is 0.952 bits per heavy atom. The van der Waals surface area contributed by atoms with Crippen LogP contribution in [0, 0.1) is 0 Å². The molecule has 0 bridgehead atoms. The van der Waals surface area contributed by atoms with Crippen molar-refractivity contribution in [1.82, 2.24) is 0 Å². The highest BCUT2D eigenvalue weighted by Crippen LogP contribution is 2.06. The minimum Gasteiger partial charge on any atom is -0.373 e. The van der Waals surface area contributed by atoms with Crippen molar-refractivity contribution in [2.45, 2.75) is 90.9 Å². The standard InChI is InChI=1S/C20H38O/c1-3-5-7-9-11-13-15-17-19-21-20-18-16-14-12-10-8-6-4-2/h15-18H,3-14,19-20H2,1-2H3. The van der Waals surface area contributed by atoms with Crippen LogP contribution in [0.1, 0.15) is 90.9 Å². The summed E-state index contributed by atoms with van der Waals surface area (Å²) in [6.07, 6.45) is 24.9. The fourth-order valence-corrected chi connectivity index (χ4v) is 2.31. The number of allylic oxidation sites excluding steroid dienone is 2. The van der Waals surface area contributed by atoms with E-state index in [4.69, 9.17) is 4.74 Å². The molecule has 0 unspecified atom stereocenters. The largest absolute Gasteiger partial charge is 0.373 e. The number of hydrogen-bond acceptors (Lipinski definition) is 1. The Morgan fingerprint density at radius 1 is 0.524 bits per heavy atom. The lowest BCUT2D eigenvalue weighted by Gasteiger charge is -1.98. The average Bonchev–Trinajstić information content (AvgIpc) is 2.50. The molecule has 21 heavy (non-hydrogen) atoms. The van der Waals surface area contributed by atoms with E-state index in [9.17, 15) is 0 Å². The summed E-state index contributed by atoms with van der Waals surface area (Å²) in [6.45, 7) is 6.04. The Balaban J connectivity index is 3.13. The molecule has 0 aliphatic carbocycles. The van der Waals surface area contributed by atoms with Gasteiger partial charge in [0, 0.05) is 0 Å². The van der Waals surface area contributed by atoms with Gasteiger partial charge in [0.1, 0.15) is 0 Å². The Kier molecular flexibility index (Phi) is 18.9. The molecular weight excluding hydrogens is 256 g/mol. The van der Waals surface area contributed by atoms with Crippen molar-refractivity contribution >= 4 is 0 Å². The average molecular weight is 295 g/mol. The lowest BCUT2D eigenvalue weighted by Crippen LogP contribution is -1.90. The summed E-state index contributed by atoms with van der Waals surface area (Å²) in [5.41, 5.74) is 0. The van der Waals surface area contributed by atoms with E-state index in [-0.39, 0.29) is 0 Å². The van der Waals surface area contributed by atoms with Gasteiger partial charge < -0.3 is 4.74 Å². The predicted octanol–water partition coefficient (Wildman–Crippen LogP) is 6.84. The molecule has 1 nitrogen and oxygen atoms in total. The van der Waals surface area contributed by atoms with Crippen molar-refractivity contribution in [2.24, 2.45) is 0 Å². The van der Waals surface area contributed by atoms with E-state index in [1.807, 2.05) is 0 Å². The lowest BCUT2D eigenvalue weighted by molar-refractivity contribution is 0.193. The predicted molar refractivity (Wildman–Crippen MR) is 95.9 cm³/mol. The second kappa shape index (κ2) is 19.4. The van der Waals surface area contributed by atoms with Crippen LogP contribution in [0.3, 0.4) is 0 Å². The normalized spacial score (nSPS) is 11.9. The topological polar surface area (TPSA) is 9.23 Å². The maximum Gasteiger partial charge on any atom is 0.0651 e. The summed E-state index contributed by atoms with van der Waals surface area (Å²) in [5.74, 6) is 0. The first-order valence-electron chi connectivity index (χ1n) is 9.29. The maximum atomic E-state index is 5.55. The van der Waals surface area contributed by atoms with Crippen LogP contribution in [-0.2, 0) is 4.74 Å². The zero-order chi connectivity index (χ0) is 15.4. The van der Waals surface area contributed by atoms with Gasteiger partial charge in [-0.15, -0.1) is 0 Å². The van der Waals surface area contributed by atoms with Crippen molar-refractivity contribution < 1.29 is 4.74 Å². The monoisotopic (exact) mass is 294 g/mol. The fourth-order valence-electron chi connectivity index (χ4n) is 2.31. The van der Waals surface area contributed by atoms with Crippen LogP contribution in [0.25, 0.3) is 0 Å². The van der Waals surface area contributed by atoms with Gasteiger partial charge in [-0.1, -0.05) is 89.5 Å². The maximum absolute atomic E-state index is 5.55. The van der Waals surface area contributed by atoms with E-state index >= 15 is 0 Å². The van der Waals surface area contributed by atoms with Crippen molar-refractivity contribution in [3.63, 3.8) is 0 Å². The zero-order valence-electron chi connectivity index (χ0n) is 14.6. The molecule has 0 rings (SSSR count). The number of hydrogen-bond donors (Lipinski definition) is 0. The third-order valence-corrected chi connectivity index (χ3v) is 3.71. The Bertz CT molecular complexity index is 206. The van der Waals surface area contributed by atoms with Gasteiger partial charge in [0.15, 0.2) is 0 Å². The number of rotatable bonds is 16. The van der Waals surface area contributed by atoms with Gasteiger partial charge in [0.25, 0.3) is 0 Å². The minimum atomic E-state index is 0.760. The lowest BCUT2D eigenvalue weighted by atomic mass is 10.1. The van der Waals surface area contributed by atoms with Crippen LogP contribution in [-0.4, -0.2) is 13.2 Å². The van der Waals surface area contributed by atoms with Gasteiger partial charge in [-0.25, -0.2) is 0 Å². The van der Waals surface area contributed by atoms with Gasteiger partial charge in [-0.2, -0.15) is 0 Å². The molecule has 124 valence electrons. The van der Waals surface area contributed by atoms with Gasteiger partial charge in [0.2, 0.25) is 0 Å². The Labute approximate surface area is 133 Å². The minimum absolute atomic E-state index is 0.760. The first-order valence-corrected chi connectivity index (χ1v) is 9.29. The molecule has 0 spiro atoms. The molecule has 0 aromatic carbocycles. The summed E-state index contributed by atoms with van der Waals surface area (Å²) in [5, 5.41) is 0. The molecule has 0 aliphatic heterocycles. The molecule has 0 radical (unpaired) electrons. The molecule has 0 amide bonds.